The molecule has 0 fully saturated rings. The first-order valence-electron chi connectivity index (χ1n) is 6.81. The molecule has 3 aromatic heterocycles. The van der Waals surface area contributed by atoms with Crippen LogP contribution >= 0.6 is 11.3 Å². The van der Waals surface area contributed by atoms with Gasteiger partial charge in [-0.1, -0.05) is 6.92 Å². The standard InChI is InChI=1S/C14H16N6S/c1-3-6-16-13-17-12(11-5-4-10(2)21-11)18-14(19-13)20-8-7-15-9-20/h4-5,7-9H,3,6H2,1-2H3,(H,16,17,18,19). The van der Waals surface area contributed by atoms with Gasteiger partial charge in [-0.25, -0.2) is 4.98 Å². The Balaban J connectivity index is 2.04. The summed E-state index contributed by atoms with van der Waals surface area (Å²) < 4.78 is 1.78. The van der Waals surface area contributed by atoms with Crippen molar-refractivity contribution in [1.82, 2.24) is 24.5 Å². The Bertz CT molecular complexity index is 719. The number of hydrogen-bond acceptors (Lipinski definition) is 6. The minimum atomic E-state index is 0.571. The molecule has 0 amide bonds. The molecular weight excluding hydrogens is 284 g/mol. The van der Waals surface area contributed by atoms with Gasteiger partial charge in [-0.05, 0) is 25.5 Å². The number of aryl methyl sites for hydroxylation is 1. The van der Waals surface area contributed by atoms with Crippen LogP contribution in [0.5, 0.6) is 0 Å². The summed E-state index contributed by atoms with van der Waals surface area (Å²) in [6.07, 6.45) is 6.22. The summed E-state index contributed by atoms with van der Waals surface area (Å²) >= 11 is 1.67. The van der Waals surface area contributed by atoms with E-state index in [-0.39, 0.29) is 0 Å². The zero-order chi connectivity index (χ0) is 14.7. The lowest BCUT2D eigenvalue weighted by Crippen LogP contribution is -2.09. The fourth-order valence-electron chi connectivity index (χ4n) is 1.84. The lowest BCUT2D eigenvalue weighted by atomic mass is 10.4. The van der Waals surface area contributed by atoms with Crippen LogP contribution in [0.2, 0.25) is 0 Å². The van der Waals surface area contributed by atoms with Crippen molar-refractivity contribution in [2.75, 3.05) is 11.9 Å². The fourth-order valence-corrected chi connectivity index (χ4v) is 2.64. The van der Waals surface area contributed by atoms with Crippen molar-refractivity contribution in [3.63, 3.8) is 0 Å². The zero-order valence-corrected chi connectivity index (χ0v) is 12.8. The number of rotatable bonds is 5. The molecule has 0 saturated carbocycles. The normalized spacial score (nSPS) is 10.8. The van der Waals surface area contributed by atoms with Crippen molar-refractivity contribution in [3.8, 4) is 16.6 Å². The van der Waals surface area contributed by atoms with E-state index >= 15 is 0 Å². The third-order valence-electron chi connectivity index (χ3n) is 2.85. The monoisotopic (exact) mass is 300 g/mol. The van der Waals surface area contributed by atoms with Gasteiger partial charge in [0.15, 0.2) is 5.82 Å². The Hall–Kier alpha value is -2.28. The molecule has 6 nitrogen and oxygen atoms in total. The largest absolute Gasteiger partial charge is 0.354 e. The highest BCUT2D eigenvalue weighted by molar-refractivity contribution is 7.15. The average molecular weight is 300 g/mol. The Kier molecular flexibility index (Phi) is 3.92. The van der Waals surface area contributed by atoms with Crippen LogP contribution in [-0.4, -0.2) is 31.0 Å². The van der Waals surface area contributed by atoms with Crippen LogP contribution in [0, 0.1) is 6.92 Å². The van der Waals surface area contributed by atoms with Crippen LogP contribution in [0.4, 0.5) is 5.95 Å². The van der Waals surface area contributed by atoms with Crippen LogP contribution in [-0.2, 0) is 0 Å². The molecule has 0 aromatic carbocycles. The van der Waals surface area contributed by atoms with Gasteiger partial charge in [0.1, 0.15) is 6.33 Å². The molecule has 0 atom stereocenters. The van der Waals surface area contributed by atoms with E-state index in [9.17, 15) is 0 Å². The third-order valence-corrected chi connectivity index (χ3v) is 3.85. The first-order chi connectivity index (χ1) is 10.3. The average Bonchev–Trinajstić information content (AvgIpc) is 3.16. The maximum absolute atomic E-state index is 4.54. The number of anilines is 1. The summed E-state index contributed by atoms with van der Waals surface area (Å²) in [5, 5.41) is 3.22. The second-order valence-corrected chi connectivity index (χ2v) is 5.88. The van der Waals surface area contributed by atoms with E-state index in [1.165, 1.54) is 4.88 Å². The lowest BCUT2D eigenvalue weighted by Gasteiger charge is -2.07. The van der Waals surface area contributed by atoms with E-state index in [0.717, 1.165) is 17.8 Å². The number of thiophene rings is 1. The second kappa shape index (κ2) is 6.01. The number of aromatic nitrogens is 5. The third kappa shape index (κ3) is 3.08. The van der Waals surface area contributed by atoms with Crippen molar-refractivity contribution in [1.29, 1.82) is 0 Å². The maximum atomic E-state index is 4.54. The van der Waals surface area contributed by atoms with Crippen LogP contribution in [0.1, 0.15) is 18.2 Å². The van der Waals surface area contributed by atoms with Crippen LogP contribution < -0.4 is 5.32 Å². The number of nitrogens with zero attached hydrogens (tertiary/aromatic N) is 5. The molecule has 0 aliphatic carbocycles. The topological polar surface area (TPSA) is 68.5 Å². The first kappa shape index (κ1) is 13.7. The van der Waals surface area contributed by atoms with Crippen molar-refractivity contribution in [2.45, 2.75) is 20.3 Å². The molecule has 3 rings (SSSR count). The Morgan fingerprint density at radius 3 is 2.81 bits per heavy atom. The summed E-state index contributed by atoms with van der Waals surface area (Å²) in [6.45, 7) is 5.01. The molecule has 1 N–H and O–H groups in total. The lowest BCUT2D eigenvalue weighted by molar-refractivity contribution is 0.884. The van der Waals surface area contributed by atoms with Crippen molar-refractivity contribution < 1.29 is 0 Å². The molecule has 0 radical (unpaired) electrons. The summed E-state index contributed by atoms with van der Waals surface area (Å²) in [5.41, 5.74) is 0. The molecule has 7 heteroatoms. The summed E-state index contributed by atoms with van der Waals surface area (Å²) in [7, 11) is 0. The van der Waals surface area contributed by atoms with Gasteiger partial charge < -0.3 is 5.32 Å². The summed E-state index contributed by atoms with van der Waals surface area (Å²) in [5.74, 6) is 1.85. The van der Waals surface area contributed by atoms with Gasteiger partial charge in [-0.3, -0.25) is 4.57 Å². The van der Waals surface area contributed by atoms with Crippen molar-refractivity contribution in [2.24, 2.45) is 0 Å². The molecule has 0 spiro atoms. The van der Waals surface area contributed by atoms with Crippen molar-refractivity contribution in [3.05, 3.63) is 35.7 Å². The molecule has 0 bridgehead atoms. The highest BCUT2D eigenvalue weighted by atomic mass is 32.1. The zero-order valence-electron chi connectivity index (χ0n) is 11.9. The molecule has 3 aromatic rings. The SMILES string of the molecule is CCCNc1nc(-c2ccc(C)s2)nc(-n2ccnc2)n1. The molecule has 21 heavy (non-hydrogen) atoms. The smallest absolute Gasteiger partial charge is 0.240 e. The second-order valence-electron chi connectivity index (χ2n) is 4.59. The molecule has 0 aliphatic rings. The van der Waals surface area contributed by atoms with Gasteiger partial charge in [0.25, 0.3) is 0 Å². The molecule has 0 aliphatic heterocycles. The van der Waals surface area contributed by atoms with E-state index < -0.39 is 0 Å². The van der Waals surface area contributed by atoms with E-state index in [1.54, 1.807) is 28.4 Å². The van der Waals surface area contributed by atoms with E-state index in [4.69, 9.17) is 0 Å². The predicted molar refractivity (Wildman–Crippen MR) is 83.8 cm³/mol. The Morgan fingerprint density at radius 1 is 1.24 bits per heavy atom. The summed E-state index contributed by atoms with van der Waals surface area (Å²) in [4.78, 5) is 19.8. The molecule has 0 saturated heterocycles. The number of nitrogens with one attached hydrogen (secondary N) is 1. The number of imidazole rings is 1. The minimum absolute atomic E-state index is 0.571. The quantitative estimate of drug-likeness (QED) is 0.784. The van der Waals surface area contributed by atoms with E-state index in [2.05, 4.69) is 45.2 Å². The molecule has 3 heterocycles. The van der Waals surface area contributed by atoms with Crippen LogP contribution in [0.25, 0.3) is 16.6 Å². The van der Waals surface area contributed by atoms with Gasteiger partial charge in [0.2, 0.25) is 11.9 Å². The predicted octanol–water partition coefficient (Wildman–Crippen LogP) is 2.92. The van der Waals surface area contributed by atoms with Gasteiger partial charge in [0, 0.05) is 23.8 Å². The maximum Gasteiger partial charge on any atom is 0.240 e. The first-order valence-corrected chi connectivity index (χ1v) is 7.63. The van der Waals surface area contributed by atoms with Gasteiger partial charge in [-0.2, -0.15) is 15.0 Å². The van der Waals surface area contributed by atoms with Crippen LogP contribution in [0.3, 0.4) is 0 Å². The molecule has 0 unspecified atom stereocenters. The van der Waals surface area contributed by atoms with E-state index in [0.29, 0.717) is 17.7 Å². The Morgan fingerprint density at radius 2 is 2.14 bits per heavy atom. The van der Waals surface area contributed by atoms with Crippen molar-refractivity contribution >= 4 is 17.3 Å². The van der Waals surface area contributed by atoms with Gasteiger partial charge in [-0.15, -0.1) is 11.3 Å². The van der Waals surface area contributed by atoms with E-state index in [1.807, 2.05) is 12.3 Å². The Labute approximate surface area is 126 Å². The highest BCUT2D eigenvalue weighted by Crippen LogP contribution is 2.25. The minimum Gasteiger partial charge on any atom is -0.354 e. The van der Waals surface area contributed by atoms with Gasteiger partial charge in [0.05, 0.1) is 4.88 Å². The number of hydrogen-bond donors (Lipinski definition) is 1. The summed E-state index contributed by atoms with van der Waals surface area (Å²) in [6, 6.07) is 4.11. The van der Waals surface area contributed by atoms with Gasteiger partial charge >= 0.3 is 0 Å². The highest BCUT2D eigenvalue weighted by Gasteiger charge is 2.11. The fraction of sp³-hybridized carbons (Fsp3) is 0.286. The van der Waals surface area contributed by atoms with Crippen LogP contribution in [0.15, 0.2) is 30.9 Å². The molecule has 108 valence electrons. The molecular formula is C14H16N6S.